The number of benzene rings is 1. The zero-order valence-electron chi connectivity index (χ0n) is 12.2. The quantitative estimate of drug-likeness (QED) is 0.755. The van der Waals surface area contributed by atoms with Crippen molar-refractivity contribution in [2.24, 2.45) is 5.73 Å². The van der Waals surface area contributed by atoms with Crippen molar-refractivity contribution < 1.29 is 18.5 Å². The van der Waals surface area contributed by atoms with E-state index in [1.807, 2.05) is 6.07 Å². The fraction of sp³-hybridized carbons (Fsp3) is 0.467. The molecule has 2 amide bonds. The highest BCUT2D eigenvalue weighted by Gasteiger charge is 2.27. The summed E-state index contributed by atoms with van der Waals surface area (Å²) >= 11 is 0. The zero-order chi connectivity index (χ0) is 15.9. The molecule has 1 aromatic rings. The molecule has 0 aliphatic carbocycles. The van der Waals surface area contributed by atoms with E-state index in [0.29, 0.717) is 17.9 Å². The Bertz CT molecular complexity index is 544. The number of rotatable bonds is 7. The molecule has 0 unspecified atom stereocenters. The summed E-state index contributed by atoms with van der Waals surface area (Å²) in [6.07, 6.45) is 1.20. The molecule has 1 saturated heterocycles. The van der Waals surface area contributed by atoms with Crippen LogP contribution in [0.25, 0.3) is 0 Å². The van der Waals surface area contributed by atoms with Crippen molar-refractivity contribution in [3.8, 4) is 0 Å². The molecular formula is C15H20N2O4S. The molecule has 0 aromatic heterocycles. The molecule has 1 aliphatic heterocycles. The first-order valence-corrected chi connectivity index (χ1v) is 8.54. The molecule has 0 spiro atoms. The third-order valence-electron chi connectivity index (χ3n) is 3.48. The summed E-state index contributed by atoms with van der Waals surface area (Å²) in [6.45, 7) is 0.553. The molecule has 1 heterocycles. The molecule has 3 atom stereocenters. The standard InChI is InChI=1S/C15H20N2O4S/c16-14(18)12(17-15(19)13-7-4-9-21-13)8-10-22(20)11-5-2-1-3-6-11/h1-3,5-6,12-13H,4,7-10H2,(H2,16,18)(H,17,19)/t12-,13+,22-/m1/s1. The normalized spacial score (nSPS) is 20.3. The Morgan fingerprint density at radius 1 is 1.36 bits per heavy atom. The molecule has 120 valence electrons. The van der Waals surface area contributed by atoms with E-state index in [0.717, 1.165) is 6.42 Å². The number of amides is 2. The van der Waals surface area contributed by atoms with Gasteiger partial charge in [-0.1, -0.05) is 18.2 Å². The maximum absolute atomic E-state index is 12.1. The van der Waals surface area contributed by atoms with Crippen LogP contribution < -0.4 is 11.1 Å². The fourth-order valence-corrected chi connectivity index (χ4v) is 3.40. The number of hydrogen-bond donors (Lipinski definition) is 2. The predicted molar refractivity (Wildman–Crippen MR) is 82.4 cm³/mol. The van der Waals surface area contributed by atoms with Gasteiger partial charge in [0.1, 0.15) is 12.1 Å². The Kier molecular flexibility index (Phi) is 6.09. The van der Waals surface area contributed by atoms with Crippen molar-refractivity contribution in [1.29, 1.82) is 0 Å². The summed E-state index contributed by atoms with van der Waals surface area (Å²) in [7, 11) is -1.23. The Morgan fingerprint density at radius 2 is 2.09 bits per heavy atom. The molecule has 0 bridgehead atoms. The molecule has 3 N–H and O–H groups in total. The second-order valence-electron chi connectivity index (χ2n) is 5.12. The molecule has 1 aromatic carbocycles. The summed E-state index contributed by atoms with van der Waals surface area (Å²) in [5.74, 6) is -0.702. The van der Waals surface area contributed by atoms with E-state index in [1.54, 1.807) is 24.3 Å². The van der Waals surface area contributed by atoms with E-state index in [4.69, 9.17) is 10.5 Å². The van der Waals surface area contributed by atoms with Gasteiger partial charge in [0.15, 0.2) is 0 Å². The molecule has 22 heavy (non-hydrogen) atoms. The molecule has 0 saturated carbocycles. The third-order valence-corrected chi connectivity index (χ3v) is 4.88. The summed E-state index contributed by atoms with van der Waals surface area (Å²) in [5.41, 5.74) is 5.32. The van der Waals surface area contributed by atoms with Gasteiger partial charge in [-0.25, -0.2) is 0 Å². The van der Waals surface area contributed by atoms with Crippen molar-refractivity contribution >= 4 is 22.6 Å². The van der Waals surface area contributed by atoms with Crippen LogP contribution in [0.3, 0.4) is 0 Å². The van der Waals surface area contributed by atoms with Crippen molar-refractivity contribution in [2.75, 3.05) is 12.4 Å². The molecular weight excluding hydrogens is 304 g/mol. The highest BCUT2D eigenvalue weighted by Crippen LogP contribution is 2.13. The molecule has 1 aliphatic rings. The minimum Gasteiger partial charge on any atom is -0.368 e. The van der Waals surface area contributed by atoms with Gasteiger partial charge in [-0.15, -0.1) is 0 Å². The van der Waals surface area contributed by atoms with Crippen LogP contribution in [-0.4, -0.2) is 40.5 Å². The Morgan fingerprint density at radius 3 is 2.68 bits per heavy atom. The average Bonchev–Trinajstić information content (AvgIpc) is 3.06. The van der Waals surface area contributed by atoms with Gasteiger partial charge in [-0.2, -0.15) is 0 Å². The number of hydrogen-bond acceptors (Lipinski definition) is 4. The number of nitrogens with two attached hydrogens (primary N) is 1. The summed E-state index contributed by atoms with van der Waals surface area (Å²) in [4.78, 5) is 24.1. The first kappa shape index (κ1) is 16.6. The lowest BCUT2D eigenvalue weighted by Crippen LogP contribution is -2.48. The van der Waals surface area contributed by atoms with Gasteiger partial charge in [0.05, 0.1) is 10.8 Å². The van der Waals surface area contributed by atoms with Gasteiger partial charge in [0, 0.05) is 17.3 Å². The van der Waals surface area contributed by atoms with Gasteiger partial charge >= 0.3 is 0 Å². The lowest BCUT2D eigenvalue weighted by molar-refractivity contribution is -0.133. The SMILES string of the molecule is NC(=O)[C@@H](CC[S@@](=O)c1ccccc1)NC(=O)[C@@H]1CCCO1. The number of carbonyl (C=O) groups is 2. The molecule has 7 heteroatoms. The van der Waals surface area contributed by atoms with Crippen LogP contribution in [-0.2, 0) is 25.1 Å². The van der Waals surface area contributed by atoms with E-state index >= 15 is 0 Å². The largest absolute Gasteiger partial charge is 0.368 e. The number of ether oxygens (including phenoxy) is 1. The van der Waals surface area contributed by atoms with E-state index in [9.17, 15) is 13.8 Å². The van der Waals surface area contributed by atoms with Gasteiger partial charge in [0.25, 0.3) is 0 Å². The van der Waals surface area contributed by atoms with Crippen LogP contribution in [0.4, 0.5) is 0 Å². The highest BCUT2D eigenvalue weighted by atomic mass is 32.2. The van der Waals surface area contributed by atoms with Gasteiger partial charge in [0.2, 0.25) is 11.8 Å². The molecule has 2 rings (SSSR count). The average molecular weight is 324 g/mol. The second kappa shape index (κ2) is 8.05. The van der Waals surface area contributed by atoms with E-state index in [1.165, 1.54) is 0 Å². The first-order chi connectivity index (χ1) is 10.6. The van der Waals surface area contributed by atoms with Crippen molar-refractivity contribution in [1.82, 2.24) is 5.32 Å². The van der Waals surface area contributed by atoms with E-state index in [2.05, 4.69) is 5.32 Å². The fourth-order valence-electron chi connectivity index (χ4n) is 2.25. The topological polar surface area (TPSA) is 98.5 Å². The van der Waals surface area contributed by atoms with Crippen molar-refractivity contribution in [3.05, 3.63) is 30.3 Å². The monoisotopic (exact) mass is 324 g/mol. The van der Waals surface area contributed by atoms with Crippen LogP contribution >= 0.6 is 0 Å². The lowest BCUT2D eigenvalue weighted by atomic mass is 10.2. The maximum Gasteiger partial charge on any atom is 0.249 e. The van der Waals surface area contributed by atoms with Gasteiger partial charge in [-0.05, 0) is 31.4 Å². The summed E-state index contributed by atoms with van der Waals surface area (Å²) in [5, 5.41) is 2.59. The van der Waals surface area contributed by atoms with Crippen molar-refractivity contribution in [3.63, 3.8) is 0 Å². The van der Waals surface area contributed by atoms with Gasteiger partial charge in [-0.3, -0.25) is 13.8 Å². The van der Waals surface area contributed by atoms with Crippen LogP contribution in [0.2, 0.25) is 0 Å². The van der Waals surface area contributed by atoms with Crippen LogP contribution in [0, 0.1) is 0 Å². The summed E-state index contributed by atoms with van der Waals surface area (Å²) in [6, 6.07) is 8.15. The van der Waals surface area contributed by atoms with Crippen molar-refractivity contribution in [2.45, 2.75) is 36.3 Å². The zero-order valence-corrected chi connectivity index (χ0v) is 13.0. The minimum absolute atomic E-state index is 0.231. The Hall–Kier alpha value is -1.73. The third kappa shape index (κ3) is 4.64. The van der Waals surface area contributed by atoms with Crippen LogP contribution in [0.5, 0.6) is 0 Å². The lowest BCUT2D eigenvalue weighted by Gasteiger charge is -2.17. The highest BCUT2D eigenvalue weighted by molar-refractivity contribution is 7.85. The maximum atomic E-state index is 12.1. The Labute approximate surface area is 131 Å². The molecule has 1 fully saturated rings. The number of nitrogens with one attached hydrogen (secondary N) is 1. The predicted octanol–water partition coefficient (Wildman–Crippen LogP) is 0.333. The molecule has 0 radical (unpaired) electrons. The van der Waals surface area contributed by atoms with Crippen LogP contribution in [0.15, 0.2) is 35.2 Å². The number of carbonyl (C=O) groups excluding carboxylic acids is 2. The first-order valence-electron chi connectivity index (χ1n) is 7.22. The van der Waals surface area contributed by atoms with E-state index in [-0.39, 0.29) is 18.1 Å². The van der Waals surface area contributed by atoms with Crippen LogP contribution in [0.1, 0.15) is 19.3 Å². The molecule has 6 nitrogen and oxygen atoms in total. The summed E-state index contributed by atoms with van der Waals surface area (Å²) < 4.78 is 17.4. The number of primary amides is 1. The minimum atomic E-state index is -1.23. The Balaban J connectivity index is 1.87. The smallest absolute Gasteiger partial charge is 0.249 e. The van der Waals surface area contributed by atoms with E-state index < -0.39 is 28.9 Å². The van der Waals surface area contributed by atoms with Gasteiger partial charge < -0.3 is 15.8 Å². The second-order valence-corrected chi connectivity index (χ2v) is 6.69.